The molecule has 5 nitrogen and oxygen atoms in total. The zero-order valence-electron chi connectivity index (χ0n) is 13.1. The average Bonchev–Trinajstić information content (AvgIpc) is 2.43. The number of hydrogen-bond acceptors (Lipinski definition) is 3. The Kier molecular flexibility index (Phi) is 6.21. The number of amides is 1. The molecule has 5 N–H and O–H groups in total. The van der Waals surface area contributed by atoms with Crippen LogP contribution in [0.1, 0.15) is 49.5 Å². The lowest BCUT2D eigenvalue weighted by atomic mass is 9.89. The zero-order chi connectivity index (χ0) is 15.9. The van der Waals surface area contributed by atoms with Crippen LogP contribution in [0.25, 0.3) is 0 Å². The van der Waals surface area contributed by atoms with Gasteiger partial charge in [-0.3, -0.25) is 4.79 Å². The molecular weight excluding hydrogens is 264 g/mol. The average molecular weight is 290 g/mol. The van der Waals surface area contributed by atoms with Gasteiger partial charge in [-0.2, -0.15) is 5.10 Å². The van der Waals surface area contributed by atoms with Crippen molar-refractivity contribution in [3.8, 4) is 0 Å². The van der Waals surface area contributed by atoms with E-state index in [0.717, 1.165) is 12.8 Å². The van der Waals surface area contributed by atoms with Gasteiger partial charge in [0.2, 0.25) is 0 Å². The SMILES string of the molecule is CC(C)(C)CCCc1ccc(C(=O)NC/C(N)=N/N)cc1. The van der Waals surface area contributed by atoms with E-state index in [1.807, 2.05) is 24.3 Å². The highest BCUT2D eigenvalue weighted by Crippen LogP contribution is 2.22. The Morgan fingerprint density at radius 1 is 1.24 bits per heavy atom. The second kappa shape index (κ2) is 7.67. The number of carbonyl (C=O) groups is 1. The first-order chi connectivity index (χ1) is 9.81. The standard InChI is InChI=1S/C16H26N4O/c1-16(2,3)10-4-5-12-6-8-13(9-7-12)15(21)19-11-14(17)20-18/h6-9H,4-5,10-11,18H2,1-3H3,(H2,17,20)(H,19,21). The molecule has 0 fully saturated rings. The van der Waals surface area contributed by atoms with Crippen LogP contribution in [-0.2, 0) is 6.42 Å². The Bertz CT molecular complexity index is 486. The molecule has 1 amide bonds. The van der Waals surface area contributed by atoms with Crippen LogP contribution in [0.4, 0.5) is 0 Å². The van der Waals surface area contributed by atoms with E-state index in [2.05, 4.69) is 31.2 Å². The molecule has 1 aromatic rings. The minimum Gasteiger partial charge on any atom is -0.384 e. The summed E-state index contributed by atoms with van der Waals surface area (Å²) < 4.78 is 0. The van der Waals surface area contributed by atoms with Crippen LogP contribution >= 0.6 is 0 Å². The van der Waals surface area contributed by atoms with Gasteiger partial charge in [0.15, 0.2) is 0 Å². The molecule has 0 bridgehead atoms. The van der Waals surface area contributed by atoms with Gasteiger partial charge in [-0.1, -0.05) is 32.9 Å². The maximum atomic E-state index is 11.9. The molecule has 0 aliphatic rings. The van der Waals surface area contributed by atoms with Crippen molar-refractivity contribution in [3.05, 3.63) is 35.4 Å². The summed E-state index contributed by atoms with van der Waals surface area (Å²) in [5, 5.41) is 5.96. The summed E-state index contributed by atoms with van der Waals surface area (Å²) >= 11 is 0. The van der Waals surface area contributed by atoms with Gasteiger partial charge in [0.05, 0.1) is 6.54 Å². The third-order valence-electron chi connectivity index (χ3n) is 3.20. The number of hydrazone groups is 1. The molecule has 21 heavy (non-hydrogen) atoms. The van der Waals surface area contributed by atoms with Crippen LogP contribution in [0.2, 0.25) is 0 Å². The maximum Gasteiger partial charge on any atom is 0.251 e. The second-order valence-electron chi connectivity index (χ2n) is 6.41. The molecule has 0 unspecified atom stereocenters. The Balaban J connectivity index is 2.48. The van der Waals surface area contributed by atoms with Gasteiger partial charge >= 0.3 is 0 Å². The number of rotatable bonds is 6. The van der Waals surface area contributed by atoms with Crippen molar-refractivity contribution in [1.29, 1.82) is 0 Å². The van der Waals surface area contributed by atoms with Crippen molar-refractivity contribution in [3.63, 3.8) is 0 Å². The van der Waals surface area contributed by atoms with Crippen molar-refractivity contribution >= 4 is 11.7 Å². The van der Waals surface area contributed by atoms with Gasteiger partial charge in [0, 0.05) is 5.56 Å². The molecule has 0 aromatic heterocycles. The number of aryl methyl sites for hydroxylation is 1. The van der Waals surface area contributed by atoms with Gasteiger partial charge in [-0.05, 0) is 42.4 Å². The first kappa shape index (κ1) is 17.0. The minimum absolute atomic E-state index is 0.155. The summed E-state index contributed by atoms with van der Waals surface area (Å²) in [5.41, 5.74) is 7.65. The number of amidine groups is 1. The van der Waals surface area contributed by atoms with E-state index in [9.17, 15) is 4.79 Å². The Morgan fingerprint density at radius 3 is 2.38 bits per heavy atom. The molecule has 1 aromatic carbocycles. The van der Waals surface area contributed by atoms with E-state index >= 15 is 0 Å². The van der Waals surface area contributed by atoms with E-state index < -0.39 is 0 Å². The molecule has 0 saturated heterocycles. The van der Waals surface area contributed by atoms with E-state index in [0.29, 0.717) is 11.0 Å². The van der Waals surface area contributed by atoms with Crippen molar-refractivity contribution in [2.24, 2.45) is 22.1 Å². The Morgan fingerprint density at radius 2 is 1.86 bits per heavy atom. The van der Waals surface area contributed by atoms with E-state index in [1.165, 1.54) is 12.0 Å². The number of nitrogens with two attached hydrogens (primary N) is 2. The normalized spacial score (nSPS) is 12.2. The Labute approximate surface area is 126 Å². The van der Waals surface area contributed by atoms with Gasteiger partial charge < -0.3 is 16.9 Å². The lowest BCUT2D eigenvalue weighted by molar-refractivity contribution is 0.0959. The highest BCUT2D eigenvalue weighted by molar-refractivity contribution is 5.96. The predicted molar refractivity (Wildman–Crippen MR) is 87.0 cm³/mol. The third-order valence-corrected chi connectivity index (χ3v) is 3.20. The quantitative estimate of drug-likeness (QED) is 0.324. The third kappa shape index (κ3) is 6.79. The molecule has 0 atom stereocenters. The van der Waals surface area contributed by atoms with Gasteiger partial charge in [-0.15, -0.1) is 0 Å². The predicted octanol–water partition coefficient (Wildman–Crippen LogP) is 2.02. The van der Waals surface area contributed by atoms with Gasteiger partial charge in [-0.25, -0.2) is 0 Å². The highest BCUT2D eigenvalue weighted by Gasteiger charge is 2.10. The van der Waals surface area contributed by atoms with Crippen molar-refractivity contribution in [1.82, 2.24) is 5.32 Å². The minimum atomic E-state index is -0.178. The molecule has 0 heterocycles. The highest BCUT2D eigenvalue weighted by atomic mass is 16.1. The van der Waals surface area contributed by atoms with Crippen molar-refractivity contribution in [2.75, 3.05) is 6.54 Å². The second-order valence-corrected chi connectivity index (χ2v) is 6.41. The Hall–Kier alpha value is -2.04. The zero-order valence-corrected chi connectivity index (χ0v) is 13.1. The van der Waals surface area contributed by atoms with Crippen molar-refractivity contribution in [2.45, 2.75) is 40.0 Å². The van der Waals surface area contributed by atoms with Crippen LogP contribution in [-0.4, -0.2) is 18.3 Å². The summed E-state index contributed by atoms with van der Waals surface area (Å²) in [6, 6.07) is 7.66. The van der Waals surface area contributed by atoms with Crippen molar-refractivity contribution < 1.29 is 4.79 Å². The fourth-order valence-electron chi connectivity index (χ4n) is 1.96. The molecular formula is C16H26N4O. The molecule has 0 spiro atoms. The number of nitrogens with zero attached hydrogens (tertiary/aromatic N) is 1. The molecule has 0 radical (unpaired) electrons. The van der Waals surface area contributed by atoms with E-state index in [-0.39, 0.29) is 18.3 Å². The van der Waals surface area contributed by atoms with Crippen LogP contribution in [0, 0.1) is 5.41 Å². The number of benzene rings is 1. The first-order valence-electron chi connectivity index (χ1n) is 7.21. The molecule has 0 saturated carbocycles. The summed E-state index contributed by atoms with van der Waals surface area (Å²) in [7, 11) is 0. The summed E-state index contributed by atoms with van der Waals surface area (Å²) in [6.07, 6.45) is 3.37. The maximum absolute atomic E-state index is 11.9. The van der Waals surface area contributed by atoms with Gasteiger partial charge in [0.1, 0.15) is 5.84 Å². The van der Waals surface area contributed by atoms with E-state index in [1.54, 1.807) is 0 Å². The van der Waals surface area contributed by atoms with Crippen LogP contribution in [0.3, 0.4) is 0 Å². The lowest BCUT2D eigenvalue weighted by Gasteiger charge is -2.17. The number of nitrogens with one attached hydrogen (secondary N) is 1. The summed E-state index contributed by atoms with van der Waals surface area (Å²) in [6.45, 7) is 6.90. The van der Waals surface area contributed by atoms with Gasteiger partial charge in [0.25, 0.3) is 5.91 Å². The molecule has 0 aliphatic heterocycles. The summed E-state index contributed by atoms with van der Waals surface area (Å²) in [5.74, 6) is 5.02. The largest absolute Gasteiger partial charge is 0.384 e. The summed E-state index contributed by atoms with van der Waals surface area (Å²) in [4.78, 5) is 11.9. The topological polar surface area (TPSA) is 93.5 Å². The first-order valence-corrected chi connectivity index (χ1v) is 7.21. The van der Waals surface area contributed by atoms with Crippen LogP contribution in [0.5, 0.6) is 0 Å². The molecule has 5 heteroatoms. The molecule has 1 rings (SSSR count). The smallest absolute Gasteiger partial charge is 0.251 e. The monoisotopic (exact) mass is 290 g/mol. The van der Waals surface area contributed by atoms with Crippen LogP contribution in [0.15, 0.2) is 29.4 Å². The molecule has 0 aliphatic carbocycles. The number of hydrogen-bond donors (Lipinski definition) is 3. The fourth-order valence-corrected chi connectivity index (χ4v) is 1.96. The fraction of sp³-hybridized carbons (Fsp3) is 0.500. The lowest BCUT2D eigenvalue weighted by Crippen LogP contribution is -2.34. The number of carbonyl (C=O) groups excluding carboxylic acids is 1. The van der Waals surface area contributed by atoms with E-state index in [4.69, 9.17) is 11.6 Å². The van der Waals surface area contributed by atoms with Crippen LogP contribution < -0.4 is 16.9 Å². The molecule has 116 valence electrons.